The van der Waals surface area contributed by atoms with E-state index in [2.05, 4.69) is 0 Å². The number of rotatable bonds is 5. The first-order valence-electron chi connectivity index (χ1n) is 6.89. The molecule has 1 aliphatic rings. The summed E-state index contributed by atoms with van der Waals surface area (Å²) in [7, 11) is 0. The summed E-state index contributed by atoms with van der Waals surface area (Å²) < 4.78 is 0. The van der Waals surface area contributed by atoms with E-state index in [1.165, 1.54) is 0 Å². The summed E-state index contributed by atoms with van der Waals surface area (Å²) >= 11 is 0. The molecule has 1 aromatic carbocycles. The number of nitrogens with zero attached hydrogens (tertiary/aromatic N) is 1. The minimum absolute atomic E-state index is 0.0251. The standard InChI is InChI=1S/C15H22N2O2/c16-15(8-4-5-9-15)14(19)17(10-11-18)12-13-6-2-1-3-7-13/h1-3,6-7,18H,4-5,8-12,16H2. The molecule has 1 fully saturated rings. The van der Waals surface area contributed by atoms with E-state index >= 15 is 0 Å². The van der Waals surface area contributed by atoms with Gasteiger partial charge < -0.3 is 15.7 Å². The van der Waals surface area contributed by atoms with Gasteiger partial charge in [-0.05, 0) is 18.4 Å². The van der Waals surface area contributed by atoms with Crippen LogP contribution in [0.4, 0.5) is 0 Å². The predicted octanol–water partition coefficient (Wildman–Crippen LogP) is 1.28. The van der Waals surface area contributed by atoms with Crippen LogP contribution in [0.2, 0.25) is 0 Å². The van der Waals surface area contributed by atoms with Gasteiger partial charge in [0.2, 0.25) is 5.91 Å². The summed E-state index contributed by atoms with van der Waals surface area (Å²) in [5.41, 5.74) is 6.56. The maximum Gasteiger partial charge on any atom is 0.243 e. The van der Waals surface area contributed by atoms with Gasteiger partial charge in [0.15, 0.2) is 0 Å². The van der Waals surface area contributed by atoms with Crippen molar-refractivity contribution in [3.63, 3.8) is 0 Å². The molecule has 4 heteroatoms. The Kier molecular flexibility index (Phi) is 4.56. The van der Waals surface area contributed by atoms with Crippen molar-refractivity contribution in [3.8, 4) is 0 Å². The van der Waals surface area contributed by atoms with Crippen molar-refractivity contribution < 1.29 is 9.90 Å². The molecule has 104 valence electrons. The van der Waals surface area contributed by atoms with E-state index in [0.717, 1.165) is 31.2 Å². The van der Waals surface area contributed by atoms with Crippen LogP contribution < -0.4 is 5.73 Å². The fraction of sp³-hybridized carbons (Fsp3) is 0.533. The monoisotopic (exact) mass is 262 g/mol. The summed E-state index contributed by atoms with van der Waals surface area (Å²) in [6.45, 7) is 0.820. The second-order valence-electron chi connectivity index (χ2n) is 5.30. The summed E-state index contributed by atoms with van der Waals surface area (Å²) in [5, 5.41) is 9.16. The number of carbonyl (C=O) groups excluding carboxylic acids is 1. The van der Waals surface area contributed by atoms with Crippen molar-refractivity contribution in [2.75, 3.05) is 13.2 Å². The van der Waals surface area contributed by atoms with Gasteiger partial charge in [-0.25, -0.2) is 0 Å². The van der Waals surface area contributed by atoms with Crippen LogP contribution in [0, 0.1) is 0 Å². The number of amides is 1. The lowest BCUT2D eigenvalue weighted by Gasteiger charge is -2.31. The molecule has 0 saturated heterocycles. The molecule has 3 N–H and O–H groups in total. The number of carbonyl (C=O) groups is 1. The molecule has 0 bridgehead atoms. The second-order valence-corrected chi connectivity index (χ2v) is 5.30. The molecule has 0 unspecified atom stereocenters. The highest BCUT2D eigenvalue weighted by molar-refractivity contribution is 5.86. The minimum atomic E-state index is -0.718. The topological polar surface area (TPSA) is 66.6 Å². The molecule has 2 rings (SSSR count). The summed E-state index contributed by atoms with van der Waals surface area (Å²) in [5.74, 6) is -0.0251. The average molecular weight is 262 g/mol. The highest BCUT2D eigenvalue weighted by atomic mass is 16.3. The number of benzene rings is 1. The Hall–Kier alpha value is -1.39. The van der Waals surface area contributed by atoms with Crippen LogP contribution in [-0.2, 0) is 11.3 Å². The highest BCUT2D eigenvalue weighted by Gasteiger charge is 2.39. The lowest BCUT2D eigenvalue weighted by atomic mass is 9.97. The molecule has 0 aliphatic heterocycles. The normalized spacial score (nSPS) is 17.4. The molecule has 0 radical (unpaired) electrons. The van der Waals surface area contributed by atoms with Crippen molar-refractivity contribution in [2.24, 2.45) is 5.73 Å². The van der Waals surface area contributed by atoms with Gasteiger partial charge in [-0.1, -0.05) is 43.2 Å². The summed E-state index contributed by atoms with van der Waals surface area (Å²) in [6.07, 6.45) is 3.53. The van der Waals surface area contributed by atoms with Gasteiger partial charge in [0.05, 0.1) is 12.1 Å². The third-order valence-electron chi connectivity index (χ3n) is 3.80. The van der Waals surface area contributed by atoms with Crippen molar-refractivity contribution >= 4 is 5.91 Å². The summed E-state index contributed by atoms with van der Waals surface area (Å²) in [6, 6.07) is 9.81. The third kappa shape index (κ3) is 3.33. The molecule has 1 aliphatic carbocycles. The van der Waals surface area contributed by atoms with E-state index in [-0.39, 0.29) is 12.5 Å². The lowest BCUT2D eigenvalue weighted by molar-refractivity contribution is -0.138. The average Bonchev–Trinajstić information content (AvgIpc) is 2.87. The maximum absolute atomic E-state index is 12.6. The zero-order valence-corrected chi connectivity index (χ0v) is 11.2. The largest absolute Gasteiger partial charge is 0.395 e. The van der Waals surface area contributed by atoms with Crippen molar-refractivity contribution in [1.82, 2.24) is 4.90 Å². The Morgan fingerprint density at radius 1 is 1.26 bits per heavy atom. The van der Waals surface area contributed by atoms with Gasteiger partial charge in [-0.2, -0.15) is 0 Å². The van der Waals surface area contributed by atoms with Crippen LogP contribution in [0.25, 0.3) is 0 Å². The van der Waals surface area contributed by atoms with Gasteiger partial charge in [0, 0.05) is 13.1 Å². The van der Waals surface area contributed by atoms with E-state index in [1.54, 1.807) is 4.90 Å². The molecule has 0 atom stereocenters. The van der Waals surface area contributed by atoms with Gasteiger partial charge in [-0.15, -0.1) is 0 Å². The Labute approximate surface area is 114 Å². The maximum atomic E-state index is 12.6. The van der Waals surface area contributed by atoms with Crippen LogP contribution in [0.3, 0.4) is 0 Å². The van der Waals surface area contributed by atoms with E-state index in [0.29, 0.717) is 13.1 Å². The number of aliphatic hydroxyl groups is 1. The fourth-order valence-electron chi connectivity index (χ4n) is 2.71. The van der Waals surface area contributed by atoms with Crippen LogP contribution >= 0.6 is 0 Å². The first-order chi connectivity index (χ1) is 9.15. The third-order valence-corrected chi connectivity index (χ3v) is 3.80. The zero-order valence-electron chi connectivity index (χ0n) is 11.2. The molecule has 0 spiro atoms. The quantitative estimate of drug-likeness (QED) is 0.840. The van der Waals surface area contributed by atoms with Crippen molar-refractivity contribution in [3.05, 3.63) is 35.9 Å². The molecular formula is C15H22N2O2. The van der Waals surface area contributed by atoms with E-state index in [1.807, 2.05) is 30.3 Å². The SMILES string of the molecule is NC1(C(=O)N(CCO)Cc2ccccc2)CCCC1. The second kappa shape index (κ2) is 6.17. The highest BCUT2D eigenvalue weighted by Crippen LogP contribution is 2.29. The Morgan fingerprint density at radius 3 is 2.47 bits per heavy atom. The molecule has 1 saturated carbocycles. The predicted molar refractivity (Wildman–Crippen MR) is 74.3 cm³/mol. The first kappa shape index (κ1) is 14.0. The Morgan fingerprint density at radius 2 is 1.89 bits per heavy atom. The molecule has 4 nitrogen and oxygen atoms in total. The summed E-state index contributed by atoms with van der Waals surface area (Å²) in [4.78, 5) is 14.2. The minimum Gasteiger partial charge on any atom is -0.395 e. The number of hydrogen-bond acceptors (Lipinski definition) is 3. The van der Waals surface area contributed by atoms with Crippen LogP contribution in [0.1, 0.15) is 31.2 Å². The van der Waals surface area contributed by atoms with Gasteiger partial charge in [0.25, 0.3) is 0 Å². The first-order valence-corrected chi connectivity index (χ1v) is 6.89. The fourth-order valence-corrected chi connectivity index (χ4v) is 2.71. The zero-order chi connectivity index (χ0) is 13.7. The number of nitrogens with two attached hydrogens (primary N) is 1. The van der Waals surface area contributed by atoms with Crippen molar-refractivity contribution in [2.45, 2.75) is 37.8 Å². The Balaban J connectivity index is 2.09. The van der Waals surface area contributed by atoms with E-state index in [4.69, 9.17) is 10.8 Å². The van der Waals surface area contributed by atoms with Gasteiger partial charge in [-0.3, -0.25) is 4.79 Å². The molecule has 0 aromatic heterocycles. The van der Waals surface area contributed by atoms with Gasteiger partial charge in [0.1, 0.15) is 0 Å². The lowest BCUT2D eigenvalue weighted by Crippen LogP contribution is -2.53. The molecule has 0 heterocycles. The molecule has 1 aromatic rings. The molecular weight excluding hydrogens is 240 g/mol. The number of aliphatic hydroxyl groups excluding tert-OH is 1. The van der Waals surface area contributed by atoms with Gasteiger partial charge >= 0.3 is 0 Å². The molecule has 1 amide bonds. The Bertz CT molecular complexity index is 413. The smallest absolute Gasteiger partial charge is 0.243 e. The number of hydrogen-bond donors (Lipinski definition) is 2. The van der Waals surface area contributed by atoms with Crippen LogP contribution in [0.5, 0.6) is 0 Å². The van der Waals surface area contributed by atoms with Crippen LogP contribution in [0.15, 0.2) is 30.3 Å². The van der Waals surface area contributed by atoms with E-state index < -0.39 is 5.54 Å². The van der Waals surface area contributed by atoms with E-state index in [9.17, 15) is 4.79 Å². The van der Waals surface area contributed by atoms with Crippen LogP contribution in [-0.4, -0.2) is 34.6 Å². The molecule has 19 heavy (non-hydrogen) atoms. The van der Waals surface area contributed by atoms with Crippen molar-refractivity contribution in [1.29, 1.82) is 0 Å².